The Morgan fingerprint density at radius 2 is 2.26 bits per heavy atom. The molecule has 1 aliphatic heterocycles. The minimum absolute atomic E-state index is 0.0252. The third kappa shape index (κ3) is 2.98. The highest BCUT2D eigenvalue weighted by Gasteiger charge is 2.25. The minimum Gasteiger partial charge on any atom is -0.376 e. The molecule has 1 fully saturated rings. The molecule has 1 amide bonds. The van der Waals surface area contributed by atoms with Crippen molar-refractivity contribution in [2.75, 3.05) is 18.9 Å². The van der Waals surface area contributed by atoms with Gasteiger partial charge in [-0.1, -0.05) is 0 Å². The van der Waals surface area contributed by atoms with Crippen molar-refractivity contribution in [3.05, 3.63) is 34.1 Å². The van der Waals surface area contributed by atoms with E-state index in [1.165, 1.54) is 0 Å². The summed E-state index contributed by atoms with van der Waals surface area (Å²) in [4.78, 5) is 23.5. The van der Waals surface area contributed by atoms with E-state index >= 15 is 0 Å². The van der Waals surface area contributed by atoms with Gasteiger partial charge in [-0.3, -0.25) is 14.9 Å². The lowest BCUT2D eigenvalue weighted by Crippen LogP contribution is -2.41. The zero-order valence-electron chi connectivity index (χ0n) is 10.4. The highest BCUT2D eigenvalue weighted by molar-refractivity contribution is 5.78. The first kappa shape index (κ1) is 13.3. The van der Waals surface area contributed by atoms with Gasteiger partial charge < -0.3 is 10.2 Å². The first-order valence-corrected chi connectivity index (χ1v) is 5.92. The van der Waals surface area contributed by atoms with Crippen LogP contribution in [-0.2, 0) is 4.79 Å². The summed E-state index contributed by atoms with van der Waals surface area (Å²) in [7, 11) is 1.71. The molecule has 0 bridgehead atoms. The van der Waals surface area contributed by atoms with Crippen LogP contribution in [0.5, 0.6) is 0 Å². The number of likely N-dealkylation sites (tertiary alicyclic amines) is 1. The molecule has 0 saturated carbocycles. The number of nitro groups is 1. The number of benzene rings is 1. The molecule has 0 aromatic heterocycles. The quantitative estimate of drug-likeness (QED) is 0.669. The highest BCUT2D eigenvalue weighted by Crippen LogP contribution is 2.27. The van der Waals surface area contributed by atoms with Gasteiger partial charge in [-0.05, 0) is 12.5 Å². The average Bonchev–Trinajstić information content (AvgIpc) is 2.33. The maximum absolute atomic E-state index is 13.2. The molecule has 1 N–H and O–H groups in total. The summed E-state index contributed by atoms with van der Waals surface area (Å²) in [6.07, 6.45) is 0.931. The van der Waals surface area contributed by atoms with Gasteiger partial charge in [-0.15, -0.1) is 0 Å². The maximum Gasteiger partial charge on any atom is 0.292 e. The molecule has 102 valence electrons. The second kappa shape index (κ2) is 5.21. The van der Waals surface area contributed by atoms with Gasteiger partial charge in [-0.25, -0.2) is 4.39 Å². The van der Waals surface area contributed by atoms with Crippen molar-refractivity contribution >= 4 is 17.3 Å². The van der Waals surface area contributed by atoms with Gasteiger partial charge in [0.05, 0.1) is 4.92 Å². The van der Waals surface area contributed by atoms with E-state index in [1.807, 2.05) is 0 Å². The van der Waals surface area contributed by atoms with Crippen LogP contribution >= 0.6 is 0 Å². The maximum atomic E-state index is 13.2. The number of hydrogen-bond acceptors (Lipinski definition) is 4. The third-order valence-corrected chi connectivity index (χ3v) is 3.17. The fourth-order valence-electron chi connectivity index (χ4n) is 2.07. The van der Waals surface area contributed by atoms with Gasteiger partial charge in [0.2, 0.25) is 5.91 Å². The summed E-state index contributed by atoms with van der Waals surface area (Å²) >= 11 is 0. The SMILES string of the molecule is CN1CC[C@H](Nc2cc(F)ccc2[N+](=O)[O-])CC1=O. The van der Waals surface area contributed by atoms with Gasteiger partial charge in [0.15, 0.2) is 0 Å². The predicted octanol–water partition coefficient (Wildman–Crippen LogP) is 1.77. The summed E-state index contributed by atoms with van der Waals surface area (Å²) in [5.41, 5.74) is -0.0693. The van der Waals surface area contributed by atoms with Crippen LogP contribution in [0.3, 0.4) is 0 Å². The minimum atomic E-state index is -0.571. The first-order chi connectivity index (χ1) is 8.97. The predicted molar refractivity (Wildman–Crippen MR) is 67.3 cm³/mol. The molecule has 6 nitrogen and oxygen atoms in total. The van der Waals surface area contributed by atoms with E-state index in [0.717, 1.165) is 18.2 Å². The molecule has 2 rings (SSSR count). The second-order valence-corrected chi connectivity index (χ2v) is 4.57. The fourth-order valence-corrected chi connectivity index (χ4v) is 2.07. The second-order valence-electron chi connectivity index (χ2n) is 4.57. The number of nitro benzene ring substituents is 1. The number of halogens is 1. The Kier molecular flexibility index (Phi) is 3.64. The van der Waals surface area contributed by atoms with Crippen molar-refractivity contribution in [3.8, 4) is 0 Å². The summed E-state index contributed by atoms with van der Waals surface area (Å²) in [5.74, 6) is -0.574. The van der Waals surface area contributed by atoms with E-state index in [1.54, 1.807) is 11.9 Å². The molecule has 1 aliphatic rings. The van der Waals surface area contributed by atoms with Gasteiger partial charge in [-0.2, -0.15) is 0 Å². The normalized spacial score (nSPS) is 19.4. The van der Waals surface area contributed by atoms with Gasteiger partial charge in [0.25, 0.3) is 5.69 Å². The van der Waals surface area contributed by atoms with Gasteiger partial charge in [0.1, 0.15) is 11.5 Å². The molecule has 0 unspecified atom stereocenters. The lowest BCUT2D eigenvalue weighted by atomic mass is 10.0. The molecular formula is C12H14FN3O3. The molecule has 19 heavy (non-hydrogen) atoms. The number of rotatable bonds is 3. The van der Waals surface area contributed by atoms with Crippen LogP contribution in [0.25, 0.3) is 0 Å². The van der Waals surface area contributed by atoms with E-state index in [2.05, 4.69) is 5.32 Å². The van der Waals surface area contributed by atoms with Crippen LogP contribution < -0.4 is 5.32 Å². The molecule has 0 spiro atoms. The largest absolute Gasteiger partial charge is 0.376 e. The van der Waals surface area contributed by atoms with Crippen LogP contribution in [0.1, 0.15) is 12.8 Å². The van der Waals surface area contributed by atoms with E-state index in [-0.39, 0.29) is 29.7 Å². The van der Waals surface area contributed by atoms with Crippen molar-refractivity contribution in [1.82, 2.24) is 4.90 Å². The smallest absolute Gasteiger partial charge is 0.292 e. The highest BCUT2D eigenvalue weighted by atomic mass is 19.1. The first-order valence-electron chi connectivity index (χ1n) is 5.92. The number of anilines is 1. The molecule has 1 heterocycles. The summed E-state index contributed by atoms with van der Waals surface area (Å²) in [6.45, 7) is 0.583. The van der Waals surface area contributed by atoms with E-state index in [9.17, 15) is 19.3 Å². The van der Waals surface area contributed by atoms with Crippen LogP contribution in [0.2, 0.25) is 0 Å². The number of nitrogens with one attached hydrogen (secondary N) is 1. The molecule has 1 atom stereocenters. The molecule has 7 heteroatoms. The van der Waals surface area contributed by atoms with E-state index in [4.69, 9.17) is 0 Å². The van der Waals surface area contributed by atoms with Crippen molar-refractivity contribution < 1.29 is 14.1 Å². The Hall–Kier alpha value is -2.18. The average molecular weight is 267 g/mol. The number of carbonyl (C=O) groups excluding carboxylic acids is 1. The zero-order valence-corrected chi connectivity index (χ0v) is 10.4. The van der Waals surface area contributed by atoms with Crippen molar-refractivity contribution in [2.45, 2.75) is 18.9 Å². The Bertz CT molecular complexity index is 521. The Balaban J connectivity index is 2.16. The topological polar surface area (TPSA) is 75.5 Å². The summed E-state index contributed by atoms with van der Waals surface area (Å²) < 4.78 is 13.2. The van der Waals surface area contributed by atoms with Crippen LogP contribution in [0, 0.1) is 15.9 Å². The Morgan fingerprint density at radius 1 is 1.53 bits per heavy atom. The number of carbonyl (C=O) groups is 1. The number of nitrogens with zero attached hydrogens (tertiary/aromatic N) is 2. The van der Waals surface area contributed by atoms with Crippen molar-refractivity contribution in [2.24, 2.45) is 0 Å². The van der Waals surface area contributed by atoms with Gasteiger partial charge in [0, 0.05) is 38.2 Å². The van der Waals surface area contributed by atoms with E-state index in [0.29, 0.717) is 13.0 Å². The lowest BCUT2D eigenvalue weighted by Gasteiger charge is -2.29. The molecule has 1 saturated heterocycles. The van der Waals surface area contributed by atoms with Crippen molar-refractivity contribution in [1.29, 1.82) is 0 Å². The molecule has 1 aromatic carbocycles. The Morgan fingerprint density at radius 3 is 2.89 bits per heavy atom. The monoisotopic (exact) mass is 267 g/mol. The molecular weight excluding hydrogens is 253 g/mol. The van der Waals surface area contributed by atoms with Crippen LogP contribution in [0.4, 0.5) is 15.8 Å². The fraction of sp³-hybridized carbons (Fsp3) is 0.417. The number of amides is 1. The summed E-state index contributed by atoms with van der Waals surface area (Å²) in [6, 6.07) is 3.04. The van der Waals surface area contributed by atoms with Crippen LogP contribution in [-0.4, -0.2) is 35.4 Å². The molecule has 0 radical (unpaired) electrons. The molecule has 0 aliphatic carbocycles. The van der Waals surface area contributed by atoms with E-state index < -0.39 is 10.7 Å². The van der Waals surface area contributed by atoms with Crippen LogP contribution in [0.15, 0.2) is 18.2 Å². The Labute approximate surface area is 109 Å². The van der Waals surface area contributed by atoms with Crippen molar-refractivity contribution in [3.63, 3.8) is 0 Å². The van der Waals surface area contributed by atoms with Gasteiger partial charge >= 0.3 is 0 Å². The zero-order chi connectivity index (χ0) is 14.0. The number of piperidine rings is 1. The third-order valence-electron chi connectivity index (χ3n) is 3.17. The lowest BCUT2D eigenvalue weighted by molar-refractivity contribution is -0.384. The standard InChI is InChI=1S/C12H14FN3O3/c1-15-5-4-9(7-12(15)17)14-10-6-8(13)2-3-11(10)16(18)19/h2-3,6,9,14H,4-5,7H2,1H3/t9-/m0/s1. The molecule has 1 aromatic rings. The number of hydrogen-bond donors (Lipinski definition) is 1. The summed E-state index contributed by atoms with van der Waals surface area (Å²) in [5, 5.41) is 13.8.